The predicted octanol–water partition coefficient (Wildman–Crippen LogP) is 2.31. The van der Waals surface area contributed by atoms with E-state index in [1.807, 2.05) is 24.3 Å². The van der Waals surface area contributed by atoms with Crippen LogP contribution in [0.25, 0.3) is 0 Å². The lowest BCUT2D eigenvalue weighted by Gasteiger charge is -2.25. The summed E-state index contributed by atoms with van der Waals surface area (Å²) < 4.78 is 10.9. The van der Waals surface area contributed by atoms with Gasteiger partial charge in [-0.1, -0.05) is 18.2 Å². The van der Waals surface area contributed by atoms with Crippen LogP contribution in [0.2, 0.25) is 0 Å². The second-order valence-electron chi connectivity index (χ2n) is 5.12. The first-order valence-corrected chi connectivity index (χ1v) is 6.95. The van der Waals surface area contributed by atoms with Gasteiger partial charge in [-0.3, -0.25) is 4.79 Å². The maximum atomic E-state index is 12.2. The number of nitrogens with one attached hydrogen (secondary N) is 1. The van der Waals surface area contributed by atoms with Crippen LogP contribution in [0.3, 0.4) is 0 Å². The third kappa shape index (κ3) is 2.73. The monoisotopic (exact) mass is 261 g/mol. The average molecular weight is 261 g/mol. The van der Waals surface area contributed by atoms with Gasteiger partial charge in [0.25, 0.3) is 0 Å². The molecule has 1 saturated heterocycles. The van der Waals surface area contributed by atoms with E-state index in [1.54, 1.807) is 0 Å². The minimum absolute atomic E-state index is 0.0981. The summed E-state index contributed by atoms with van der Waals surface area (Å²) >= 11 is 0. The molecule has 1 aromatic carbocycles. The van der Waals surface area contributed by atoms with E-state index in [1.165, 1.54) is 0 Å². The largest absolute Gasteiger partial charge is 0.462 e. The van der Waals surface area contributed by atoms with Crippen molar-refractivity contribution in [1.29, 1.82) is 0 Å². The van der Waals surface area contributed by atoms with Crippen molar-refractivity contribution in [1.82, 2.24) is 0 Å². The van der Waals surface area contributed by atoms with Crippen molar-refractivity contribution in [3.63, 3.8) is 0 Å². The van der Waals surface area contributed by atoms with Gasteiger partial charge in [0.15, 0.2) is 0 Å². The highest BCUT2D eigenvalue weighted by Gasteiger charge is 2.28. The van der Waals surface area contributed by atoms with Gasteiger partial charge in [-0.05, 0) is 30.9 Å². The molecule has 2 unspecified atom stereocenters. The Hall–Kier alpha value is -1.55. The molecule has 2 atom stereocenters. The molecule has 1 N–H and O–H groups in total. The molecule has 1 fully saturated rings. The van der Waals surface area contributed by atoms with Crippen LogP contribution >= 0.6 is 0 Å². The van der Waals surface area contributed by atoms with Gasteiger partial charge in [-0.15, -0.1) is 0 Å². The van der Waals surface area contributed by atoms with E-state index in [-0.39, 0.29) is 18.0 Å². The number of benzene rings is 1. The molecule has 4 heteroatoms. The lowest BCUT2D eigenvalue weighted by atomic mass is 9.91. The minimum atomic E-state index is -0.140. The van der Waals surface area contributed by atoms with E-state index in [0.717, 1.165) is 43.7 Å². The zero-order valence-electron chi connectivity index (χ0n) is 10.9. The Bertz CT molecular complexity index is 454. The molecular formula is C15H19NO3. The summed E-state index contributed by atoms with van der Waals surface area (Å²) in [6.07, 6.45) is 2.96. The summed E-state index contributed by atoms with van der Waals surface area (Å²) in [5, 5.41) is 3.31. The molecule has 1 aromatic rings. The molecule has 0 aliphatic carbocycles. The maximum Gasteiger partial charge on any atom is 0.313 e. The first kappa shape index (κ1) is 12.5. The molecule has 4 nitrogen and oxygen atoms in total. The van der Waals surface area contributed by atoms with E-state index < -0.39 is 0 Å². The molecule has 0 bridgehead atoms. The fourth-order valence-corrected chi connectivity index (χ4v) is 2.76. The number of anilines is 1. The second-order valence-corrected chi connectivity index (χ2v) is 5.12. The average Bonchev–Trinajstić information content (AvgIpc) is 2.97. The third-order valence-electron chi connectivity index (χ3n) is 3.80. The Labute approximate surface area is 113 Å². The molecule has 0 aromatic heterocycles. The van der Waals surface area contributed by atoms with Gasteiger partial charge in [-0.2, -0.15) is 0 Å². The highest BCUT2D eigenvalue weighted by molar-refractivity contribution is 5.81. The summed E-state index contributed by atoms with van der Waals surface area (Å²) in [5.41, 5.74) is 2.10. The number of para-hydroxylation sites is 1. The Morgan fingerprint density at radius 1 is 1.37 bits per heavy atom. The molecule has 0 amide bonds. The van der Waals surface area contributed by atoms with Crippen molar-refractivity contribution < 1.29 is 14.3 Å². The Morgan fingerprint density at radius 3 is 3.11 bits per heavy atom. The maximum absolute atomic E-state index is 12.2. The third-order valence-corrected chi connectivity index (χ3v) is 3.80. The molecule has 2 aliphatic rings. The van der Waals surface area contributed by atoms with Crippen LogP contribution in [0.4, 0.5) is 5.69 Å². The molecule has 19 heavy (non-hydrogen) atoms. The van der Waals surface area contributed by atoms with Crippen LogP contribution in [0.1, 0.15) is 30.7 Å². The van der Waals surface area contributed by atoms with Crippen molar-refractivity contribution in [2.75, 3.05) is 25.1 Å². The fourth-order valence-electron chi connectivity index (χ4n) is 2.76. The number of hydrogen-bond acceptors (Lipinski definition) is 4. The zero-order chi connectivity index (χ0) is 13.1. The number of fused-ring (bicyclic) bond motifs is 1. The van der Waals surface area contributed by atoms with Gasteiger partial charge in [0.1, 0.15) is 6.61 Å². The van der Waals surface area contributed by atoms with Gasteiger partial charge < -0.3 is 14.8 Å². The molecule has 2 heterocycles. The van der Waals surface area contributed by atoms with Crippen LogP contribution in [0.5, 0.6) is 0 Å². The van der Waals surface area contributed by atoms with E-state index >= 15 is 0 Å². The first-order valence-electron chi connectivity index (χ1n) is 6.95. The molecule has 3 rings (SSSR count). The number of carbonyl (C=O) groups excluding carboxylic acids is 1. The SMILES string of the molecule is O=C(OCC1CCCO1)C1CCNc2ccccc21. The first-order chi connectivity index (χ1) is 9.34. The highest BCUT2D eigenvalue weighted by Crippen LogP contribution is 2.32. The number of ether oxygens (including phenoxy) is 2. The second kappa shape index (κ2) is 5.61. The standard InChI is InChI=1S/C15H19NO3/c17-15(19-10-11-4-3-9-18-11)13-7-8-16-14-6-2-1-5-12(13)14/h1-2,5-6,11,13,16H,3-4,7-10H2. The van der Waals surface area contributed by atoms with Crippen molar-refractivity contribution in [3.05, 3.63) is 29.8 Å². The zero-order valence-corrected chi connectivity index (χ0v) is 10.9. The minimum Gasteiger partial charge on any atom is -0.462 e. The van der Waals surface area contributed by atoms with Crippen molar-refractivity contribution in [2.45, 2.75) is 31.3 Å². The quantitative estimate of drug-likeness (QED) is 0.848. The van der Waals surface area contributed by atoms with Crippen LogP contribution in [-0.2, 0) is 14.3 Å². The summed E-state index contributed by atoms with van der Waals surface area (Å²) in [7, 11) is 0. The summed E-state index contributed by atoms with van der Waals surface area (Å²) in [6.45, 7) is 2.00. The smallest absolute Gasteiger partial charge is 0.313 e. The van der Waals surface area contributed by atoms with E-state index in [4.69, 9.17) is 9.47 Å². The number of rotatable bonds is 3. The van der Waals surface area contributed by atoms with Crippen molar-refractivity contribution in [2.24, 2.45) is 0 Å². The lowest BCUT2D eigenvalue weighted by molar-refractivity contribution is -0.148. The van der Waals surface area contributed by atoms with Gasteiger partial charge in [0.05, 0.1) is 12.0 Å². The van der Waals surface area contributed by atoms with Gasteiger partial charge in [0.2, 0.25) is 0 Å². The molecule has 0 spiro atoms. The highest BCUT2D eigenvalue weighted by atomic mass is 16.6. The Kier molecular flexibility index (Phi) is 3.69. The van der Waals surface area contributed by atoms with Crippen molar-refractivity contribution in [3.8, 4) is 0 Å². The van der Waals surface area contributed by atoms with E-state index in [2.05, 4.69) is 5.32 Å². The lowest BCUT2D eigenvalue weighted by Crippen LogP contribution is -2.27. The summed E-state index contributed by atoms with van der Waals surface area (Å²) in [5.74, 6) is -0.261. The normalized spacial score (nSPS) is 25.5. The Balaban J connectivity index is 1.64. The predicted molar refractivity (Wildman–Crippen MR) is 72.2 cm³/mol. The van der Waals surface area contributed by atoms with Gasteiger partial charge in [-0.25, -0.2) is 0 Å². The van der Waals surface area contributed by atoms with E-state index in [0.29, 0.717) is 6.61 Å². The van der Waals surface area contributed by atoms with Crippen molar-refractivity contribution >= 4 is 11.7 Å². The van der Waals surface area contributed by atoms with E-state index in [9.17, 15) is 4.79 Å². The van der Waals surface area contributed by atoms with Crippen LogP contribution in [0, 0.1) is 0 Å². The number of hydrogen-bond donors (Lipinski definition) is 1. The number of carbonyl (C=O) groups is 1. The van der Waals surface area contributed by atoms with Gasteiger partial charge in [0, 0.05) is 18.8 Å². The van der Waals surface area contributed by atoms with Crippen LogP contribution in [-0.4, -0.2) is 31.8 Å². The number of esters is 1. The Morgan fingerprint density at radius 2 is 2.26 bits per heavy atom. The summed E-state index contributed by atoms with van der Waals surface area (Å²) in [4.78, 5) is 12.2. The molecule has 0 radical (unpaired) electrons. The fraction of sp³-hybridized carbons (Fsp3) is 0.533. The summed E-state index contributed by atoms with van der Waals surface area (Å²) in [6, 6.07) is 7.95. The molecule has 0 saturated carbocycles. The van der Waals surface area contributed by atoms with Gasteiger partial charge >= 0.3 is 5.97 Å². The topological polar surface area (TPSA) is 47.6 Å². The van der Waals surface area contributed by atoms with Crippen LogP contribution < -0.4 is 5.32 Å². The van der Waals surface area contributed by atoms with Crippen LogP contribution in [0.15, 0.2) is 24.3 Å². The molecular weight excluding hydrogens is 242 g/mol. The molecule has 2 aliphatic heterocycles. The molecule has 102 valence electrons.